The summed E-state index contributed by atoms with van der Waals surface area (Å²) < 4.78 is 0. The van der Waals surface area contributed by atoms with E-state index in [0.717, 1.165) is 24.8 Å². The van der Waals surface area contributed by atoms with Crippen molar-refractivity contribution < 1.29 is 20.9 Å². The fraction of sp³-hybridized carbons (Fsp3) is 0.318. The lowest BCUT2D eigenvalue weighted by Crippen LogP contribution is -2.34. The van der Waals surface area contributed by atoms with Crippen LogP contribution in [-0.2, 0) is 9.59 Å². The van der Waals surface area contributed by atoms with Crippen molar-refractivity contribution in [1.29, 1.82) is 0 Å². The van der Waals surface area contributed by atoms with Crippen LogP contribution in [-0.4, -0.2) is 37.2 Å². The molecule has 0 heterocycles. The van der Waals surface area contributed by atoms with Gasteiger partial charge in [-0.05, 0) is 17.5 Å². The van der Waals surface area contributed by atoms with Crippen molar-refractivity contribution in [1.82, 2.24) is 10.6 Å². The fourth-order valence-corrected chi connectivity index (χ4v) is 2.58. The summed E-state index contributed by atoms with van der Waals surface area (Å²) in [5.41, 5.74) is 7.18. The van der Waals surface area contributed by atoms with Crippen molar-refractivity contribution in [2.75, 3.05) is 6.54 Å². The molecule has 2 rings (SSSR count). The third kappa shape index (κ3) is 11.2. The molecule has 0 aliphatic carbocycles. The average molecular weight is 448 g/mol. The molecular weight excluding hydrogens is 417 g/mol. The van der Waals surface area contributed by atoms with Gasteiger partial charge in [-0.2, -0.15) is 0 Å². The minimum Gasteiger partial charge on any atom is -0.479 e. The number of halogens is 1. The molecule has 2 radical (unpaired) electrons. The Morgan fingerprint density at radius 3 is 1.97 bits per heavy atom. The van der Waals surface area contributed by atoms with Gasteiger partial charge in [0.05, 0.1) is 0 Å². The quantitative estimate of drug-likeness (QED) is 0.347. The number of carboxylic acids is 1. The largest absolute Gasteiger partial charge is 0.479 e. The number of carboxylic acid groups (broad SMARTS) is 1. The second-order valence-electron chi connectivity index (χ2n) is 6.58. The summed E-state index contributed by atoms with van der Waals surface area (Å²) in [5.74, 6) is -2.10. The van der Waals surface area contributed by atoms with Crippen molar-refractivity contribution in [3.63, 3.8) is 0 Å². The Kier molecular flexibility index (Phi) is 14.5. The van der Waals surface area contributed by atoms with Crippen LogP contribution in [0.2, 0.25) is 0 Å². The maximum atomic E-state index is 11.7. The molecule has 0 aliphatic heterocycles. The van der Waals surface area contributed by atoms with Gasteiger partial charge in [-0.1, -0.05) is 80.4 Å². The number of hydrogen-bond donors (Lipinski definition) is 4. The molecule has 0 saturated heterocycles. The van der Waals surface area contributed by atoms with Crippen LogP contribution < -0.4 is 16.4 Å². The minimum absolute atomic E-state index is 0. The lowest BCUT2D eigenvalue weighted by Gasteiger charge is -2.13. The van der Waals surface area contributed by atoms with E-state index >= 15 is 0 Å². The van der Waals surface area contributed by atoms with Crippen molar-refractivity contribution in [3.05, 3.63) is 71.8 Å². The standard InChI is InChI=1S/C13H20N2O.C9H8BNO3.ClH.H2/c1-2-3-7-10-15-13(16)12(14)11-8-5-4-6-9-11;10-9(14)11-7(8(12)13)6-4-2-1-3-5-6;;/h4-6,8-9,12H,2-3,7,10,14H2,1H3,(H,15,16);1-5,7H,(H,11,14)(H,12,13);2*1H/t12-;7-;;/m00../s1. The Hall–Kier alpha value is -2.84. The highest BCUT2D eigenvalue weighted by molar-refractivity contribution is 6.57. The van der Waals surface area contributed by atoms with Crippen LogP contribution in [0.25, 0.3) is 0 Å². The summed E-state index contributed by atoms with van der Waals surface area (Å²) in [7, 11) is 4.86. The predicted octanol–water partition coefficient (Wildman–Crippen LogP) is 3.35. The molecule has 2 aromatic rings. The van der Waals surface area contributed by atoms with Crippen LogP contribution in [0.3, 0.4) is 0 Å². The maximum absolute atomic E-state index is 11.7. The van der Waals surface area contributed by atoms with Crippen LogP contribution in [0.5, 0.6) is 0 Å². The molecule has 2 atom stereocenters. The number of carbonyl (C=O) groups excluding carboxylic acids is 2. The van der Waals surface area contributed by atoms with E-state index in [-0.39, 0.29) is 19.7 Å². The first-order valence-electron chi connectivity index (χ1n) is 9.78. The number of nitrogens with one attached hydrogen (secondary N) is 2. The number of unbranched alkanes of at least 4 members (excludes halogenated alkanes) is 2. The Morgan fingerprint density at radius 1 is 1.00 bits per heavy atom. The zero-order chi connectivity index (χ0) is 22.4. The molecular formula is C22H31BClN3O4. The van der Waals surface area contributed by atoms with E-state index in [1.54, 1.807) is 30.3 Å². The molecule has 5 N–H and O–H groups in total. The molecule has 31 heavy (non-hydrogen) atoms. The predicted molar refractivity (Wildman–Crippen MR) is 126 cm³/mol. The molecule has 0 aliphatic rings. The first kappa shape index (κ1) is 28.2. The summed E-state index contributed by atoms with van der Waals surface area (Å²) >= 11 is 0. The second kappa shape index (κ2) is 15.9. The number of nitrogens with two attached hydrogens (primary N) is 1. The number of hydrogen-bond acceptors (Lipinski definition) is 4. The third-order valence-corrected chi connectivity index (χ3v) is 4.19. The van der Waals surface area contributed by atoms with Gasteiger partial charge in [0.2, 0.25) is 13.8 Å². The van der Waals surface area contributed by atoms with Gasteiger partial charge in [0.15, 0.2) is 11.8 Å². The van der Waals surface area contributed by atoms with Gasteiger partial charge in [0.25, 0.3) is 0 Å². The smallest absolute Gasteiger partial charge is 0.330 e. The van der Waals surface area contributed by atoms with E-state index in [0.29, 0.717) is 12.1 Å². The minimum atomic E-state index is -1.14. The number of benzene rings is 2. The Morgan fingerprint density at radius 2 is 1.52 bits per heavy atom. The number of carbonyl (C=O) groups is 3. The highest BCUT2D eigenvalue weighted by Crippen LogP contribution is 2.12. The highest BCUT2D eigenvalue weighted by Gasteiger charge is 2.19. The van der Waals surface area contributed by atoms with Gasteiger partial charge in [0, 0.05) is 7.97 Å². The Labute approximate surface area is 192 Å². The Bertz CT molecular complexity index is 800. The van der Waals surface area contributed by atoms with Crippen molar-refractivity contribution in [2.24, 2.45) is 5.73 Å². The maximum Gasteiger partial charge on any atom is 0.330 e. The molecule has 2 aromatic carbocycles. The lowest BCUT2D eigenvalue weighted by atomic mass is 10.0. The summed E-state index contributed by atoms with van der Waals surface area (Å²) in [6.45, 7) is 2.85. The molecule has 2 amide bonds. The number of aliphatic carboxylic acids is 1. The van der Waals surface area contributed by atoms with E-state index < -0.39 is 23.9 Å². The number of amides is 2. The lowest BCUT2D eigenvalue weighted by molar-refractivity contribution is -0.139. The summed E-state index contributed by atoms with van der Waals surface area (Å²) in [4.78, 5) is 33.0. The van der Waals surface area contributed by atoms with Crippen molar-refractivity contribution in [3.8, 4) is 0 Å². The molecule has 7 nitrogen and oxygen atoms in total. The van der Waals surface area contributed by atoms with Gasteiger partial charge in [-0.3, -0.25) is 9.59 Å². The van der Waals surface area contributed by atoms with Gasteiger partial charge in [0.1, 0.15) is 6.04 Å². The van der Waals surface area contributed by atoms with E-state index in [2.05, 4.69) is 17.6 Å². The van der Waals surface area contributed by atoms with Gasteiger partial charge in [-0.15, -0.1) is 12.4 Å². The molecule has 0 aromatic heterocycles. The van der Waals surface area contributed by atoms with Crippen LogP contribution in [0.15, 0.2) is 60.7 Å². The van der Waals surface area contributed by atoms with Crippen LogP contribution in [0.1, 0.15) is 50.8 Å². The molecule has 0 spiro atoms. The van der Waals surface area contributed by atoms with Crippen molar-refractivity contribution in [2.45, 2.75) is 38.3 Å². The first-order valence-corrected chi connectivity index (χ1v) is 9.78. The van der Waals surface area contributed by atoms with E-state index in [1.165, 1.54) is 0 Å². The fourth-order valence-electron chi connectivity index (χ4n) is 2.58. The van der Waals surface area contributed by atoms with Crippen LogP contribution >= 0.6 is 12.4 Å². The molecule has 0 saturated carbocycles. The van der Waals surface area contributed by atoms with Gasteiger partial charge in [-0.25, -0.2) is 4.79 Å². The summed E-state index contributed by atoms with van der Waals surface area (Å²) in [5, 5.41) is 13.8. The topological polar surface area (TPSA) is 122 Å². The number of rotatable bonds is 9. The van der Waals surface area contributed by atoms with E-state index in [1.807, 2.05) is 30.3 Å². The average Bonchev–Trinajstić information content (AvgIpc) is 2.75. The molecule has 0 fully saturated rings. The summed E-state index contributed by atoms with van der Waals surface area (Å²) in [6, 6.07) is 16.1. The van der Waals surface area contributed by atoms with Crippen LogP contribution in [0.4, 0.5) is 4.79 Å². The zero-order valence-corrected chi connectivity index (χ0v) is 18.3. The van der Waals surface area contributed by atoms with Crippen molar-refractivity contribution >= 4 is 37.9 Å². The molecule has 0 unspecified atom stereocenters. The second-order valence-corrected chi connectivity index (χ2v) is 6.58. The zero-order valence-electron chi connectivity index (χ0n) is 17.5. The van der Waals surface area contributed by atoms with E-state index in [9.17, 15) is 14.4 Å². The van der Waals surface area contributed by atoms with Gasteiger partial charge < -0.3 is 21.5 Å². The normalized spacial score (nSPS) is 11.5. The molecule has 0 bridgehead atoms. The molecule has 168 valence electrons. The first-order chi connectivity index (χ1) is 14.4. The summed E-state index contributed by atoms with van der Waals surface area (Å²) in [6.07, 6.45) is 3.31. The van der Waals surface area contributed by atoms with E-state index in [4.69, 9.17) is 18.7 Å². The molecule has 9 heteroatoms. The van der Waals surface area contributed by atoms with Crippen LogP contribution in [0, 0.1) is 0 Å². The SMILES string of the molecule is CCCCCNC(=O)[C@@H](N)c1ccccc1.Cl.[B]C(=O)N[C@H](C(=O)O)c1ccccc1.[HH]. The Balaban J connectivity index is 0. The monoisotopic (exact) mass is 447 g/mol. The highest BCUT2D eigenvalue weighted by atomic mass is 35.5. The third-order valence-electron chi connectivity index (χ3n) is 4.19. The van der Waals surface area contributed by atoms with Gasteiger partial charge >= 0.3 is 5.97 Å².